The Kier molecular flexibility index (Phi) is 3.03. The fraction of sp³-hybridized carbons (Fsp3) is 0.200. The Hall–Kier alpha value is -1.26. The average Bonchev–Trinajstić information content (AvgIpc) is 2.23. The van der Waals surface area contributed by atoms with Gasteiger partial charge in [0.2, 0.25) is 11.8 Å². The first-order chi connectivity index (χ1) is 7.59. The van der Waals surface area contributed by atoms with E-state index in [0.717, 1.165) is 0 Å². The Morgan fingerprint density at radius 1 is 1.19 bits per heavy atom. The predicted molar refractivity (Wildman–Crippen MR) is 61.8 cm³/mol. The lowest BCUT2D eigenvalue weighted by Crippen LogP contribution is -2.51. The van der Waals surface area contributed by atoms with Crippen LogP contribution in [0.1, 0.15) is 0 Å². The van der Waals surface area contributed by atoms with E-state index < -0.39 is 0 Å². The number of nitrogens with zero attached hydrogens (tertiary/aromatic N) is 1. The van der Waals surface area contributed by atoms with Crippen molar-refractivity contribution >= 4 is 40.7 Å². The minimum Gasteiger partial charge on any atom is -0.345 e. The highest BCUT2D eigenvalue weighted by molar-refractivity contribution is 6.40. The van der Waals surface area contributed by atoms with Crippen LogP contribution >= 0.6 is 23.2 Å². The van der Waals surface area contributed by atoms with Crippen molar-refractivity contribution in [2.24, 2.45) is 0 Å². The summed E-state index contributed by atoms with van der Waals surface area (Å²) in [5, 5.41) is 3.17. The van der Waals surface area contributed by atoms with Crippen molar-refractivity contribution in [3.8, 4) is 0 Å². The molecule has 2 rings (SSSR count). The van der Waals surface area contributed by atoms with Crippen LogP contribution in [0.5, 0.6) is 0 Å². The van der Waals surface area contributed by atoms with Crippen LogP contribution in [-0.4, -0.2) is 24.9 Å². The number of hydrogen-bond donors (Lipinski definition) is 1. The highest BCUT2D eigenvalue weighted by Crippen LogP contribution is 2.33. The van der Waals surface area contributed by atoms with E-state index in [4.69, 9.17) is 23.2 Å². The first-order valence-electron chi connectivity index (χ1n) is 4.60. The summed E-state index contributed by atoms with van der Waals surface area (Å²) in [6, 6.07) is 4.94. The van der Waals surface area contributed by atoms with Crippen LogP contribution in [0.4, 0.5) is 5.69 Å². The van der Waals surface area contributed by atoms with E-state index in [1.54, 1.807) is 18.2 Å². The summed E-state index contributed by atoms with van der Waals surface area (Å²) >= 11 is 11.9. The summed E-state index contributed by atoms with van der Waals surface area (Å²) in [6.45, 7) is -0.0807. The van der Waals surface area contributed by atoms with Gasteiger partial charge in [0.25, 0.3) is 0 Å². The second kappa shape index (κ2) is 4.31. The molecular weight excluding hydrogens is 251 g/mol. The number of para-hydroxylation sites is 1. The molecule has 0 atom stereocenters. The van der Waals surface area contributed by atoms with Gasteiger partial charge in [0, 0.05) is 0 Å². The molecule has 1 heterocycles. The van der Waals surface area contributed by atoms with Crippen molar-refractivity contribution < 1.29 is 9.59 Å². The van der Waals surface area contributed by atoms with E-state index in [1.165, 1.54) is 4.90 Å². The normalized spacial score (nSPS) is 16.2. The molecule has 6 heteroatoms. The molecule has 1 aromatic rings. The van der Waals surface area contributed by atoms with Crippen molar-refractivity contribution in [3.05, 3.63) is 28.2 Å². The number of amides is 2. The highest BCUT2D eigenvalue weighted by Gasteiger charge is 2.27. The fourth-order valence-electron chi connectivity index (χ4n) is 1.51. The molecular formula is C10H8Cl2N2O2. The van der Waals surface area contributed by atoms with Crippen molar-refractivity contribution in [3.63, 3.8) is 0 Å². The number of rotatable bonds is 1. The van der Waals surface area contributed by atoms with E-state index in [2.05, 4.69) is 5.32 Å². The van der Waals surface area contributed by atoms with Crippen LogP contribution in [0.25, 0.3) is 0 Å². The third kappa shape index (κ3) is 1.99. The molecule has 4 nitrogen and oxygen atoms in total. The fourth-order valence-corrected chi connectivity index (χ4v) is 2.11. The molecule has 1 N–H and O–H groups in total. The third-order valence-electron chi connectivity index (χ3n) is 2.25. The SMILES string of the molecule is O=C1CN(c2c(Cl)cccc2Cl)C(=O)CN1. The van der Waals surface area contributed by atoms with Gasteiger partial charge in [-0.2, -0.15) is 0 Å². The Bertz CT molecular complexity index is 442. The molecule has 1 aliphatic rings. The van der Waals surface area contributed by atoms with Gasteiger partial charge in [0.1, 0.15) is 6.54 Å². The summed E-state index contributed by atoms with van der Waals surface area (Å²) in [4.78, 5) is 24.2. The molecule has 84 valence electrons. The number of carbonyl (C=O) groups is 2. The van der Waals surface area contributed by atoms with Crippen molar-refractivity contribution in [1.82, 2.24) is 5.32 Å². The molecule has 1 aliphatic heterocycles. The van der Waals surface area contributed by atoms with Crippen molar-refractivity contribution in [2.45, 2.75) is 0 Å². The van der Waals surface area contributed by atoms with Gasteiger partial charge < -0.3 is 5.32 Å². The molecule has 0 saturated carbocycles. The number of carbonyl (C=O) groups excluding carboxylic acids is 2. The number of nitrogens with one attached hydrogen (secondary N) is 1. The Morgan fingerprint density at radius 2 is 1.81 bits per heavy atom. The molecule has 0 aliphatic carbocycles. The molecule has 0 radical (unpaired) electrons. The lowest BCUT2D eigenvalue weighted by Gasteiger charge is -2.28. The minimum atomic E-state index is -0.227. The molecule has 0 aromatic heterocycles. The Morgan fingerprint density at radius 3 is 2.44 bits per heavy atom. The van der Waals surface area contributed by atoms with Gasteiger partial charge in [-0.15, -0.1) is 0 Å². The van der Waals surface area contributed by atoms with Gasteiger partial charge in [-0.1, -0.05) is 29.3 Å². The molecule has 16 heavy (non-hydrogen) atoms. The Balaban J connectivity index is 2.42. The lowest BCUT2D eigenvalue weighted by atomic mass is 10.2. The second-order valence-corrected chi connectivity index (χ2v) is 4.14. The Labute approximate surface area is 102 Å². The number of piperazine rings is 1. The average molecular weight is 259 g/mol. The van der Waals surface area contributed by atoms with E-state index in [0.29, 0.717) is 15.7 Å². The van der Waals surface area contributed by atoms with Crippen molar-refractivity contribution in [2.75, 3.05) is 18.0 Å². The molecule has 2 amide bonds. The second-order valence-electron chi connectivity index (χ2n) is 3.33. The maximum absolute atomic E-state index is 11.6. The van der Waals surface area contributed by atoms with Crippen LogP contribution in [0.3, 0.4) is 0 Å². The van der Waals surface area contributed by atoms with Crippen LogP contribution in [-0.2, 0) is 9.59 Å². The number of halogens is 2. The monoisotopic (exact) mass is 258 g/mol. The van der Waals surface area contributed by atoms with Gasteiger partial charge in [-0.3, -0.25) is 14.5 Å². The summed E-state index contributed by atoms with van der Waals surface area (Å²) < 4.78 is 0. The summed E-state index contributed by atoms with van der Waals surface area (Å²) in [6.07, 6.45) is 0. The topological polar surface area (TPSA) is 49.4 Å². The molecule has 0 unspecified atom stereocenters. The lowest BCUT2D eigenvalue weighted by molar-refractivity contribution is -0.128. The van der Waals surface area contributed by atoms with Gasteiger partial charge in [-0.05, 0) is 12.1 Å². The van der Waals surface area contributed by atoms with Crippen LogP contribution in [0.15, 0.2) is 18.2 Å². The van der Waals surface area contributed by atoms with E-state index >= 15 is 0 Å². The molecule has 1 fully saturated rings. The van der Waals surface area contributed by atoms with Crippen LogP contribution < -0.4 is 10.2 Å². The van der Waals surface area contributed by atoms with Gasteiger partial charge in [0.05, 0.1) is 22.3 Å². The standard InChI is InChI=1S/C10H8Cl2N2O2/c11-6-2-1-3-7(12)10(6)14-5-8(15)13-4-9(14)16/h1-3H,4-5H2,(H,13,15). The quantitative estimate of drug-likeness (QED) is 0.829. The zero-order valence-corrected chi connectivity index (χ0v) is 9.68. The van der Waals surface area contributed by atoms with E-state index in [9.17, 15) is 9.59 Å². The first kappa shape index (κ1) is 11.2. The molecule has 0 bridgehead atoms. The number of hydrogen-bond acceptors (Lipinski definition) is 2. The van der Waals surface area contributed by atoms with Gasteiger partial charge >= 0.3 is 0 Å². The van der Waals surface area contributed by atoms with Gasteiger partial charge in [-0.25, -0.2) is 0 Å². The van der Waals surface area contributed by atoms with E-state index in [1.807, 2.05) is 0 Å². The zero-order chi connectivity index (χ0) is 11.7. The van der Waals surface area contributed by atoms with Crippen LogP contribution in [0, 0.1) is 0 Å². The predicted octanol–water partition coefficient (Wildman–Crippen LogP) is 1.46. The van der Waals surface area contributed by atoms with Crippen molar-refractivity contribution in [1.29, 1.82) is 0 Å². The first-order valence-corrected chi connectivity index (χ1v) is 5.36. The minimum absolute atomic E-state index is 0.0274. The van der Waals surface area contributed by atoms with E-state index in [-0.39, 0.29) is 24.9 Å². The highest BCUT2D eigenvalue weighted by atomic mass is 35.5. The largest absolute Gasteiger partial charge is 0.345 e. The zero-order valence-electron chi connectivity index (χ0n) is 8.17. The van der Waals surface area contributed by atoms with Gasteiger partial charge in [0.15, 0.2) is 0 Å². The maximum atomic E-state index is 11.6. The molecule has 1 aromatic carbocycles. The summed E-state index contributed by atoms with van der Waals surface area (Å²) in [5.41, 5.74) is 0.394. The number of benzene rings is 1. The number of anilines is 1. The maximum Gasteiger partial charge on any atom is 0.246 e. The molecule has 0 spiro atoms. The summed E-state index contributed by atoms with van der Waals surface area (Å²) in [5.74, 6) is -0.454. The smallest absolute Gasteiger partial charge is 0.246 e. The summed E-state index contributed by atoms with van der Waals surface area (Å²) in [7, 11) is 0. The molecule has 1 saturated heterocycles. The van der Waals surface area contributed by atoms with Crippen LogP contribution in [0.2, 0.25) is 10.0 Å². The third-order valence-corrected chi connectivity index (χ3v) is 2.86.